The first-order chi connectivity index (χ1) is 19.3. The SMILES string of the molecule is c1ccc(-c2ccccc2-n2c3ccccc3c3cc4c(cc32)sc2c4ccc3[nH]c4ccccc4c32)cc1. The lowest BCUT2D eigenvalue weighted by Crippen LogP contribution is -1.96. The van der Waals surface area contributed by atoms with Crippen LogP contribution in [0.15, 0.2) is 127 Å². The Hall–Kier alpha value is -4.86. The molecule has 1 N–H and O–H groups in total. The molecule has 9 rings (SSSR count). The molecule has 39 heavy (non-hydrogen) atoms. The van der Waals surface area contributed by atoms with Gasteiger partial charge in [0.15, 0.2) is 0 Å². The van der Waals surface area contributed by atoms with E-state index in [1.807, 2.05) is 11.3 Å². The second-order valence-electron chi connectivity index (χ2n) is 10.2. The van der Waals surface area contributed by atoms with Crippen LogP contribution in [0.5, 0.6) is 0 Å². The van der Waals surface area contributed by atoms with Crippen molar-refractivity contribution in [2.45, 2.75) is 0 Å². The maximum atomic E-state index is 3.62. The largest absolute Gasteiger partial charge is 0.354 e. The molecule has 182 valence electrons. The minimum absolute atomic E-state index is 1.19. The van der Waals surface area contributed by atoms with E-state index >= 15 is 0 Å². The minimum atomic E-state index is 1.19. The molecule has 6 aromatic carbocycles. The molecule has 0 aliphatic heterocycles. The quantitative estimate of drug-likeness (QED) is 0.237. The molecule has 0 saturated heterocycles. The van der Waals surface area contributed by atoms with Crippen LogP contribution < -0.4 is 0 Å². The average Bonchev–Trinajstić information content (AvgIpc) is 3.65. The highest BCUT2D eigenvalue weighted by atomic mass is 32.1. The standard InChI is InChI=1S/C36H22N2S/c1-2-10-22(11-3-1)23-12-5-8-16-31(23)38-32-17-9-6-13-24(32)27-20-28-25-18-19-30-35(26-14-4-7-15-29(26)37-30)36(25)39-34(28)21-33(27)38/h1-21,37H. The Morgan fingerprint density at radius 1 is 0.513 bits per heavy atom. The number of aromatic amines is 1. The highest BCUT2D eigenvalue weighted by Gasteiger charge is 2.19. The number of fused-ring (bicyclic) bond motifs is 10. The van der Waals surface area contributed by atoms with Gasteiger partial charge >= 0.3 is 0 Å². The molecule has 0 saturated carbocycles. The van der Waals surface area contributed by atoms with Crippen LogP contribution in [0.1, 0.15) is 0 Å². The van der Waals surface area contributed by atoms with Gasteiger partial charge in [-0.25, -0.2) is 0 Å². The van der Waals surface area contributed by atoms with E-state index < -0.39 is 0 Å². The van der Waals surface area contributed by atoms with Crippen LogP contribution in [-0.4, -0.2) is 9.55 Å². The van der Waals surface area contributed by atoms with E-state index in [0.717, 1.165) is 0 Å². The Morgan fingerprint density at radius 2 is 1.28 bits per heavy atom. The summed E-state index contributed by atoms with van der Waals surface area (Å²) in [5.74, 6) is 0. The summed E-state index contributed by atoms with van der Waals surface area (Å²) in [4.78, 5) is 3.62. The molecule has 0 bridgehead atoms. The van der Waals surface area contributed by atoms with Gasteiger partial charge in [0.2, 0.25) is 0 Å². The van der Waals surface area contributed by atoms with Gasteiger partial charge in [-0.1, -0.05) is 91.0 Å². The Labute approximate surface area is 228 Å². The van der Waals surface area contributed by atoms with Gasteiger partial charge in [0.05, 0.1) is 16.7 Å². The summed E-state index contributed by atoms with van der Waals surface area (Å²) in [6.07, 6.45) is 0. The highest BCUT2D eigenvalue weighted by Crippen LogP contribution is 2.45. The fraction of sp³-hybridized carbons (Fsp3) is 0. The van der Waals surface area contributed by atoms with Crippen LogP contribution in [0, 0.1) is 0 Å². The lowest BCUT2D eigenvalue weighted by atomic mass is 10.0. The second kappa shape index (κ2) is 7.83. The second-order valence-corrected chi connectivity index (χ2v) is 11.3. The van der Waals surface area contributed by atoms with Crippen LogP contribution in [0.4, 0.5) is 0 Å². The fourth-order valence-electron chi connectivity index (χ4n) is 6.42. The highest BCUT2D eigenvalue weighted by molar-refractivity contribution is 7.26. The van der Waals surface area contributed by atoms with E-state index in [9.17, 15) is 0 Å². The van der Waals surface area contributed by atoms with Crippen molar-refractivity contribution in [1.82, 2.24) is 9.55 Å². The van der Waals surface area contributed by atoms with Crippen molar-refractivity contribution in [2.75, 3.05) is 0 Å². The van der Waals surface area contributed by atoms with E-state index in [-0.39, 0.29) is 0 Å². The molecule has 0 fully saturated rings. The molecule has 0 spiro atoms. The predicted molar refractivity (Wildman–Crippen MR) is 168 cm³/mol. The van der Waals surface area contributed by atoms with Crippen LogP contribution in [0.25, 0.3) is 80.6 Å². The van der Waals surface area contributed by atoms with Gasteiger partial charge in [0, 0.05) is 58.3 Å². The molecule has 3 aromatic heterocycles. The number of hydrogen-bond donors (Lipinski definition) is 1. The number of hydrogen-bond acceptors (Lipinski definition) is 1. The van der Waals surface area contributed by atoms with E-state index in [0.29, 0.717) is 0 Å². The van der Waals surface area contributed by atoms with E-state index in [4.69, 9.17) is 0 Å². The topological polar surface area (TPSA) is 20.7 Å². The zero-order valence-electron chi connectivity index (χ0n) is 21.0. The summed E-state index contributed by atoms with van der Waals surface area (Å²) in [6.45, 7) is 0. The molecular weight excluding hydrogens is 492 g/mol. The average molecular weight is 515 g/mol. The number of nitrogens with zero attached hydrogens (tertiary/aromatic N) is 1. The summed E-state index contributed by atoms with van der Waals surface area (Å²) in [7, 11) is 0. The zero-order valence-corrected chi connectivity index (χ0v) is 21.8. The van der Waals surface area contributed by atoms with Gasteiger partial charge in [-0.05, 0) is 42.0 Å². The van der Waals surface area contributed by atoms with Crippen LogP contribution in [-0.2, 0) is 0 Å². The summed E-state index contributed by atoms with van der Waals surface area (Å²) in [5.41, 5.74) is 8.53. The van der Waals surface area contributed by atoms with Crippen LogP contribution in [0.3, 0.4) is 0 Å². The van der Waals surface area contributed by atoms with E-state index in [1.54, 1.807) is 0 Å². The third-order valence-electron chi connectivity index (χ3n) is 8.13. The zero-order chi connectivity index (χ0) is 25.5. The van der Waals surface area contributed by atoms with Gasteiger partial charge in [0.1, 0.15) is 0 Å². The molecule has 0 aliphatic carbocycles. The molecule has 2 nitrogen and oxygen atoms in total. The number of para-hydroxylation sites is 3. The van der Waals surface area contributed by atoms with Crippen molar-refractivity contribution in [2.24, 2.45) is 0 Å². The van der Waals surface area contributed by atoms with Crippen molar-refractivity contribution in [3.63, 3.8) is 0 Å². The Morgan fingerprint density at radius 3 is 2.21 bits per heavy atom. The monoisotopic (exact) mass is 514 g/mol. The van der Waals surface area contributed by atoms with Gasteiger partial charge in [-0.15, -0.1) is 11.3 Å². The summed E-state index contributed by atoms with van der Waals surface area (Å²) >= 11 is 1.91. The molecule has 0 unspecified atom stereocenters. The Balaban J connectivity index is 1.42. The third-order valence-corrected chi connectivity index (χ3v) is 9.32. The molecular formula is C36H22N2S. The Bertz CT molecular complexity index is 2390. The van der Waals surface area contributed by atoms with Gasteiger partial charge in [0.25, 0.3) is 0 Å². The summed E-state index contributed by atoms with van der Waals surface area (Å²) < 4.78 is 5.13. The molecule has 0 atom stereocenters. The first-order valence-corrected chi connectivity index (χ1v) is 14.1. The smallest absolute Gasteiger partial charge is 0.0555 e. The summed E-state index contributed by atoms with van der Waals surface area (Å²) in [6, 6.07) is 46.3. The number of nitrogens with one attached hydrogen (secondary N) is 1. The molecule has 3 heterocycles. The number of thiophene rings is 1. The van der Waals surface area contributed by atoms with Crippen molar-refractivity contribution in [3.05, 3.63) is 127 Å². The molecule has 9 aromatic rings. The van der Waals surface area contributed by atoms with Crippen molar-refractivity contribution < 1.29 is 0 Å². The normalized spacial score (nSPS) is 12.1. The minimum Gasteiger partial charge on any atom is -0.354 e. The van der Waals surface area contributed by atoms with Gasteiger partial charge in [-0.3, -0.25) is 0 Å². The Kier molecular flexibility index (Phi) is 4.24. The van der Waals surface area contributed by atoms with Gasteiger partial charge in [-0.2, -0.15) is 0 Å². The predicted octanol–water partition coefficient (Wildman–Crippen LogP) is 10.5. The molecule has 0 amide bonds. The van der Waals surface area contributed by atoms with Crippen LogP contribution in [0.2, 0.25) is 0 Å². The van der Waals surface area contributed by atoms with Crippen molar-refractivity contribution >= 4 is 75.1 Å². The number of aromatic nitrogens is 2. The number of benzene rings is 6. The number of H-pyrrole nitrogens is 1. The van der Waals surface area contributed by atoms with Crippen molar-refractivity contribution in [1.29, 1.82) is 0 Å². The lowest BCUT2D eigenvalue weighted by molar-refractivity contribution is 1.18. The fourth-order valence-corrected chi connectivity index (χ4v) is 7.70. The first-order valence-electron chi connectivity index (χ1n) is 13.3. The van der Waals surface area contributed by atoms with Crippen molar-refractivity contribution in [3.8, 4) is 16.8 Å². The number of rotatable bonds is 2. The molecule has 0 radical (unpaired) electrons. The van der Waals surface area contributed by atoms with E-state index in [1.165, 1.54) is 80.6 Å². The third kappa shape index (κ3) is 2.91. The van der Waals surface area contributed by atoms with Gasteiger partial charge < -0.3 is 9.55 Å². The van der Waals surface area contributed by atoms with Crippen LogP contribution >= 0.6 is 11.3 Å². The molecule has 3 heteroatoms. The first kappa shape index (κ1) is 21.1. The molecule has 0 aliphatic rings. The lowest BCUT2D eigenvalue weighted by Gasteiger charge is -2.14. The summed E-state index contributed by atoms with van der Waals surface area (Å²) in [5, 5.41) is 7.85. The maximum absolute atomic E-state index is 3.62. The van der Waals surface area contributed by atoms with E-state index in [2.05, 4.69) is 137 Å². The maximum Gasteiger partial charge on any atom is 0.0555 e.